The maximum atomic E-state index is 13.7. The molecule has 6 heteroatoms. The third-order valence-electron chi connectivity index (χ3n) is 3.20. The van der Waals surface area contributed by atoms with Gasteiger partial charge in [-0.05, 0) is 24.3 Å². The summed E-state index contributed by atoms with van der Waals surface area (Å²) in [6.07, 6.45) is 1.33. The minimum atomic E-state index is -1.11. The van der Waals surface area contributed by atoms with E-state index < -0.39 is 18.4 Å². The first-order valence-electron chi connectivity index (χ1n) is 6.72. The summed E-state index contributed by atoms with van der Waals surface area (Å²) in [4.78, 5) is 22.7. The molecule has 23 heavy (non-hydrogen) atoms. The molecule has 1 aliphatic heterocycles. The average Bonchev–Trinajstić information content (AvgIpc) is 2.83. The van der Waals surface area contributed by atoms with Gasteiger partial charge in [-0.3, -0.25) is 4.79 Å². The van der Waals surface area contributed by atoms with Crippen LogP contribution < -0.4 is 9.47 Å². The van der Waals surface area contributed by atoms with E-state index in [1.807, 2.05) is 0 Å². The number of benzene rings is 2. The number of rotatable bonds is 4. The first kappa shape index (κ1) is 14.8. The van der Waals surface area contributed by atoms with Gasteiger partial charge >= 0.3 is 5.97 Å². The SMILES string of the molecule is O=C(O)COc1ccc2c(c1)OC(=Cc1ccccc1F)C2=O. The van der Waals surface area contributed by atoms with Crippen LogP contribution in [0.4, 0.5) is 4.39 Å². The van der Waals surface area contributed by atoms with Crippen LogP contribution in [0.5, 0.6) is 11.5 Å². The van der Waals surface area contributed by atoms with E-state index in [-0.39, 0.29) is 28.6 Å². The number of aliphatic carboxylic acids is 1. The summed E-state index contributed by atoms with van der Waals surface area (Å²) < 4.78 is 24.1. The lowest BCUT2D eigenvalue weighted by Crippen LogP contribution is -2.09. The van der Waals surface area contributed by atoms with Crippen molar-refractivity contribution in [3.63, 3.8) is 0 Å². The van der Waals surface area contributed by atoms with Gasteiger partial charge in [-0.25, -0.2) is 9.18 Å². The molecule has 2 aromatic carbocycles. The molecule has 0 bridgehead atoms. The van der Waals surface area contributed by atoms with Crippen molar-refractivity contribution in [3.05, 3.63) is 65.2 Å². The molecule has 0 aliphatic carbocycles. The van der Waals surface area contributed by atoms with Crippen molar-refractivity contribution in [3.8, 4) is 11.5 Å². The van der Waals surface area contributed by atoms with E-state index in [4.69, 9.17) is 14.6 Å². The van der Waals surface area contributed by atoms with Crippen molar-refractivity contribution in [1.29, 1.82) is 0 Å². The molecule has 1 heterocycles. The predicted octanol–water partition coefficient (Wildman–Crippen LogP) is 2.91. The van der Waals surface area contributed by atoms with Gasteiger partial charge in [0.25, 0.3) is 0 Å². The van der Waals surface area contributed by atoms with Crippen LogP contribution in [0.2, 0.25) is 0 Å². The summed E-state index contributed by atoms with van der Waals surface area (Å²) in [5, 5.41) is 8.59. The molecule has 0 fully saturated rings. The van der Waals surface area contributed by atoms with E-state index >= 15 is 0 Å². The number of hydrogen-bond acceptors (Lipinski definition) is 4. The number of ether oxygens (including phenoxy) is 2. The lowest BCUT2D eigenvalue weighted by Gasteiger charge is -2.04. The van der Waals surface area contributed by atoms with Crippen LogP contribution in [-0.2, 0) is 4.79 Å². The third-order valence-corrected chi connectivity index (χ3v) is 3.20. The Labute approximate surface area is 130 Å². The number of allylic oxidation sites excluding steroid dienone is 1. The van der Waals surface area contributed by atoms with Crippen LogP contribution in [0.15, 0.2) is 48.2 Å². The van der Waals surface area contributed by atoms with Crippen LogP contribution in [0.3, 0.4) is 0 Å². The fourth-order valence-corrected chi connectivity index (χ4v) is 2.14. The molecule has 1 aliphatic rings. The van der Waals surface area contributed by atoms with Gasteiger partial charge < -0.3 is 14.6 Å². The van der Waals surface area contributed by atoms with Crippen molar-refractivity contribution >= 4 is 17.8 Å². The van der Waals surface area contributed by atoms with Crippen molar-refractivity contribution < 1.29 is 28.6 Å². The fourth-order valence-electron chi connectivity index (χ4n) is 2.14. The van der Waals surface area contributed by atoms with Gasteiger partial charge in [0.05, 0.1) is 5.56 Å². The van der Waals surface area contributed by atoms with Gasteiger partial charge in [0.2, 0.25) is 5.78 Å². The van der Waals surface area contributed by atoms with E-state index in [1.54, 1.807) is 12.1 Å². The second-order valence-electron chi connectivity index (χ2n) is 4.80. The van der Waals surface area contributed by atoms with Crippen molar-refractivity contribution in [1.82, 2.24) is 0 Å². The number of halogens is 1. The number of carbonyl (C=O) groups is 2. The molecule has 0 radical (unpaired) electrons. The lowest BCUT2D eigenvalue weighted by atomic mass is 10.1. The van der Waals surface area contributed by atoms with Gasteiger partial charge in [-0.1, -0.05) is 18.2 Å². The Balaban J connectivity index is 1.87. The molecule has 1 N–H and O–H groups in total. The van der Waals surface area contributed by atoms with E-state index in [9.17, 15) is 14.0 Å². The van der Waals surface area contributed by atoms with Crippen molar-refractivity contribution in [2.75, 3.05) is 6.61 Å². The van der Waals surface area contributed by atoms with Crippen LogP contribution in [-0.4, -0.2) is 23.5 Å². The molecule has 5 nitrogen and oxygen atoms in total. The molecule has 0 saturated heterocycles. The Morgan fingerprint density at radius 3 is 2.78 bits per heavy atom. The predicted molar refractivity (Wildman–Crippen MR) is 78.9 cm³/mol. The quantitative estimate of drug-likeness (QED) is 0.879. The second kappa shape index (κ2) is 5.92. The molecule has 0 atom stereocenters. The highest BCUT2D eigenvalue weighted by atomic mass is 19.1. The molecule has 0 spiro atoms. The number of ketones is 1. The number of Topliss-reactive ketones (excluding diaryl/α,β-unsaturated/α-hetero) is 1. The first-order valence-corrected chi connectivity index (χ1v) is 6.72. The standard InChI is InChI=1S/C17H11FO5/c18-13-4-2-1-3-10(13)7-15-17(21)12-6-5-11(8-14(12)23-15)22-9-16(19)20/h1-8H,9H2,(H,19,20). The Hall–Kier alpha value is -3.15. The van der Waals surface area contributed by atoms with E-state index in [1.165, 1.54) is 36.4 Å². The zero-order valence-electron chi connectivity index (χ0n) is 11.8. The van der Waals surface area contributed by atoms with E-state index in [0.717, 1.165) is 0 Å². The first-order chi connectivity index (χ1) is 11.0. The highest BCUT2D eigenvalue weighted by Gasteiger charge is 2.28. The maximum absolute atomic E-state index is 13.7. The van der Waals surface area contributed by atoms with Crippen LogP contribution in [0, 0.1) is 5.82 Å². The number of fused-ring (bicyclic) bond motifs is 1. The lowest BCUT2D eigenvalue weighted by molar-refractivity contribution is -0.139. The minimum absolute atomic E-state index is 0.000449. The zero-order valence-corrected chi connectivity index (χ0v) is 11.8. The third kappa shape index (κ3) is 3.06. The number of hydrogen-bond donors (Lipinski definition) is 1. The Bertz CT molecular complexity index is 825. The molecule has 0 saturated carbocycles. The van der Waals surface area contributed by atoms with Gasteiger partial charge in [-0.2, -0.15) is 0 Å². The molecular weight excluding hydrogens is 303 g/mol. The topological polar surface area (TPSA) is 72.8 Å². The van der Waals surface area contributed by atoms with Crippen LogP contribution in [0.25, 0.3) is 6.08 Å². The van der Waals surface area contributed by atoms with Gasteiger partial charge in [0.15, 0.2) is 12.4 Å². The molecular formula is C17H11FO5. The second-order valence-corrected chi connectivity index (χ2v) is 4.80. The van der Waals surface area contributed by atoms with Gasteiger partial charge in [-0.15, -0.1) is 0 Å². The molecule has 2 aromatic rings. The summed E-state index contributed by atoms with van der Waals surface area (Å²) in [5.41, 5.74) is 0.557. The number of carboxylic acids is 1. The minimum Gasteiger partial charge on any atom is -0.482 e. The summed E-state index contributed by atoms with van der Waals surface area (Å²) in [6, 6.07) is 10.4. The normalized spacial score (nSPS) is 14.5. The monoisotopic (exact) mass is 314 g/mol. The van der Waals surface area contributed by atoms with Crippen molar-refractivity contribution in [2.24, 2.45) is 0 Å². The molecule has 0 unspecified atom stereocenters. The smallest absolute Gasteiger partial charge is 0.341 e. The highest BCUT2D eigenvalue weighted by Crippen LogP contribution is 2.35. The van der Waals surface area contributed by atoms with Gasteiger partial charge in [0.1, 0.15) is 17.3 Å². The summed E-state index contributed by atoms with van der Waals surface area (Å²) >= 11 is 0. The van der Waals surface area contributed by atoms with E-state index in [0.29, 0.717) is 5.56 Å². The molecule has 3 rings (SSSR count). The Kier molecular flexibility index (Phi) is 3.80. The number of carbonyl (C=O) groups excluding carboxylic acids is 1. The highest BCUT2D eigenvalue weighted by molar-refractivity contribution is 6.14. The summed E-state index contributed by atoms with van der Waals surface area (Å²) in [7, 11) is 0. The molecule has 116 valence electrons. The molecule has 0 amide bonds. The van der Waals surface area contributed by atoms with E-state index in [2.05, 4.69) is 0 Å². The molecule has 0 aromatic heterocycles. The van der Waals surface area contributed by atoms with Crippen molar-refractivity contribution in [2.45, 2.75) is 0 Å². The zero-order chi connectivity index (χ0) is 16.4. The summed E-state index contributed by atoms with van der Waals surface area (Å²) in [6.45, 7) is -0.495. The number of carboxylic acid groups (broad SMARTS) is 1. The van der Waals surface area contributed by atoms with Gasteiger partial charge in [0, 0.05) is 11.6 Å². The average molecular weight is 314 g/mol. The maximum Gasteiger partial charge on any atom is 0.341 e. The largest absolute Gasteiger partial charge is 0.482 e. The Morgan fingerprint density at radius 2 is 2.04 bits per heavy atom. The summed E-state index contributed by atoms with van der Waals surface area (Å²) in [5.74, 6) is -1.42. The fraction of sp³-hybridized carbons (Fsp3) is 0.0588. The van der Waals surface area contributed by atoms with Crippen LogP contribution >= 0.6 is 0 Å². The van der Waals surface area contributed by atoms with Crippen LogP contribution in [0.1, 0.15) is 15.9 Å². The Morgan fingerprint density at radius 1 is 1.26 bits per heavy atom.